The molecular weight excluding hydrogens is 294 g/mol. The summed E-state index contributed by atoms with van der Waals surface area (Å²) < 4.78 is 5.45. The lowest BCUT2D eigenvalue weighted by Gasteiger charge is -2.26. The average molecular weight is 313 g/mol. The number of carbonyl (C=O) groups excluding carboxylic acids is 1. The van der Waals surface area contributed by atoms with Crippen molar-refractivity contribution in [2.75, 3.05) is 13.7 Å². The molecule has 1 aliphatic heterocycles. The molecule has 7 nitrogen and oxygen atoms in total. The molecule has 1 fully saturated rings. The summed E-state index contributed by atoms with van der Waals surface area (Å²) in [7, 11) is 1.74. The molecule has 1 saturated heterocycles. The van der Waals surface area contributed by atoms with Crippen LogP contribution in [0.3, 0.4) is 0 Å². The number of likely N-dealkylation sites (N-methyl/N-ethyl adjacent to an activating group) is 1. The summed E-state index contributed by atoms with van der Waals surface area (Å²) in [6, 6.07) is -0.139. The third kappa shape index (κ3) is 3.51. The van der Waals surface area contributed by atoms with Crippen LogP contribution in [0.2, 0.25) is 0 Å². The molecule has 2 atom stereocenters. The zero-order valence-electron chi connectivity index (χ0n) is 12.3. The maximum absolute atomic E-state index is 12.1. The summed E-state index contributed by atoms with van der Waals surface area (Å²) in [5, 5.41) is 12.3. The van der Waals surface area contributed by atoms with E-state index in [4.69, 9.17) is 9.84 Å². The van der Waals surface area contributed by atoms with Crippen LogP contribution in [-0.4, -0.2) is 52.8 Å². The Balaban J connectivity index is 1.91. The van der Waals surface area contributed by atoms with Crippen molar-refractivity contribution in [2.24, 2.45) is 0 Å². The minimum Gasteiger partial charge on any atom is -0.477 e. The number of nitrogens with zero attached hydrogens (tertiary/aromatic N) is 2. The molecule has 2 rings (SSSR count). The number of thiazole rings is 1. The first-order valence-corrected chi connectivity index (χ1v) is 7.53. The van der Waals surface area contributed by atoms with Gasteiger partial charge in [0.25, 0.3) is 0 Å². The second-order valence-corrected chi connectivity index (χ2v) is 6.11. The van der Waals surface area contributed by atoms with Gasteiger partial charge in [-0.2, -0.15) is 0 Å². The molecule has 1 aromatic rings. The zero-order valence-corrected chi connectivity index (χ0v) is 13.1. The molecule has 0 bridgehead atoms. The van der Waals surface area contributed by atoms with E-state index >= 15 is 0 Å². The van der Waals surface area contributed by atoms with Crippen molar-refractivity contribution >= 4 is 23.3 Å². The highest BCUT2D eigenvalue weighted by Crippen LogP contribution is 2.19. The zero-order chi connectivity index (χ0) is 15.6. The first kappa shape index (κ1) is 15.7. The summed E-state index contributed by atoms with van der Waals surface area (Å²) in [6.45, 7) is 4.49. The Kier molecular flexibility index (Phi) is 4.79. The van der Waals surface area contributed by atoms with E-state index in [1.165, 1.54) is 0 Å². The van der Waals surface area contributed by atoms with Gasteiger partial charge in [-0.15, -0.1) is 11.3 Å². The lowest BCUT2D eigenvalue weighted by Crippen LogP contribution is -2.46. The van der Waals surface area contributed by atoms with Crippen LogP contribution in [0.15, 0.2) is 0 Å². The standard InChI is InChI=1S/C13H19N3O4S/c1-7-11(12(17)18)21-10(15-7)6-14-13(19)16(3)9-4-5-20-8(9)2/h8-9H,4-6H2,1-3H3,(H,14,19)(H,17,18). The molecule has 2 N–H and O–H groups in total. The number of carboxylic acid groups (broad SMARTS) is 1. The number of urea groups is 1. The van der Waals surface area contributed by atoms with Crippen LogP contribution in [0.5, 0.6) is 0 Å². The number of carbonyl (C=O) groups is 2. The second kappa shape index (κ2) is 6.40. The highest BCUT2D eigenvalue weighted by molar-refractivity contribution is 7.13. The molecule has 2 amide bonds. The Morgan fingerprint density at radius 3 is 2.81 bits per heavy atom. The Labute approximate surface area is 126 Å². The van der Waals surface area contributed by atoms with Crippen LogP contribution < -0.4 is 5.32 Å². The van der Waals surface area contributed by atoms with Crippen LogP contribution >= 0.6 is 11.3 Å². The number of amides is 2. The lowest BCUT2D eigenvalue weighted by molar-refractivity contribution is 0.0701. The number of aryl methyl sites for hydroxylation is 1. The number of hydrogen-bond donors (Lipinski definition) is 2. The van der Waals surface area contributed by atoms with Crippen molar-refractivity contribution in [1.29, 1.82) is 0 Å². The molecule has 0 spiro atoms. The first-order chi connectivity index (χ1) is 9.90. The smallest absolute Gasteiger partial charge is 0.347 e. The number of carboxylic acids is 1. The third-order valence-electron chi connectivity index (χ3n) is 3.58. The third-order valence-corrected chi connectivity index (χ3v) is 4.73. The van der Waals surface area contributed by atoms with Crippen LogP contribution in [0.1, 0.15) is 33.7 Å². The van der Waals surface area contributed by atoms with E-state index in [1.807, 2.05) is 6.92 Å². The van der Waals surface area contributed by atoms with Crippen LogP contribution in [0.4, 0.5) is 4.79 Å². The Morgan fingerprint density at radius 2 is 2.29 bits per heavy atom. The highest BCUT2D eigenvalue weighted by atomic mass is 32.1. The molecule has 0 aromatic carbocycles. The van der Waals surface area contributed by atoms with Gasteiger partial charge in [-0.1, -0.05) is 0 Å². The average Bonchev–Trinajstić information content (AvgIpc) is 3.01. The van der Waals surface area contributed by atoms with Gasteiger partial charge in [0.2, 0.25) is 0 Å². The first-order valence-electron chi connectivity index (χ1n) is 6.72. The van der Waals surface area contributed by atoms with E-state index in [2.05, 4.69) is 10.3 Å². The van der Waals surface area contributed by atoms with Gasteiger partial charge in [-0.3, -0.25) is 0 Å². The van der Waals surface area contributed by atoms with Gasteiger partial charge in [0.15, 0.2) is 0 Å². The fourth-order valence-corrected chi connectivity index (χ4v) is 3.23. The fraction of sp³-hybridized carbons (Fsp3) is 0.615. The summed E-state index contributed by atoms with van der Waals surface area (Å²) in [4.78, 5) is 29.1. The number of hydrogen-bond acceptors (Lipinski definition) is 5. The summed E-state index contributed by atoms with van der Waals surface area (Å²) in [6.07, 6.45) is 0.853. The van der Waals surface area contributed by atoms with Crippen LogP contribution in [0, 0.1) is 6.92 Å². The van der Waals surface area contributed by atoms with Gasteiger partial charge in [0.1, 0.15) is 9.88 Å². The van der Waals surface area contributed by atoms with E-state index in [0.29, 0.717) is 17.3 Å². The summed E-state index contributed by atoms with van der Waals surface area (Å²) >= 11 is 1.09. The monoisotopic (exact) mass is 313 g/mol. The molecule has 21 heavy (non-hydrogen) atoms. The van der Waals surface area contributed by atoms with Gasteiger partial charge < -0.3 is 20.1 Å². The van der Waals surface area contributed by atoms with Crippen molar-refractivity contribution in [3.8, 4) is 0 Å². The number of nitrogens with one attached hydrogen (secondary N) is 1. The van der Waals surface area contributed by atoms with E-state index in [-0.39, 0.29) is 29.6 Å². The normalized spacial score (nSPS) is 21.3. The predicted octanol–water partition coefficient (Wildman–Crippen LogP) is 1.47. The predicted molar refractivity (Wildman–Crippen MR) is 77.6 cm³/mol. The van der Waals surface area contributed by atoms with Crippen molar-refractivity contribution in [2.45, 2.75) is 39.0 Å². The SMILES string of the molecule is Cc1nc(CNC(=O)N(C)C2CCOC2C)sc1C(=O)O. The lowest BCUT2D eigenvalue weighted by atomic mass is 10.1. The number of aromatic nitrogens is 1. The Morgan fingerprint density at radius 1 is 1.57 bits per heavy atom. The molecule has 8 heteroatoms. The van der Waals surface area contributed by atoms with Gasteiger partial charge in [0, 0.05) is 13.7 Å². The van der Waals surface area contributed by atoms with Crippen molar-refractivity contribution in [1.82, 2.24) is 15.2 Å². The highest BCUT2D eigenvalue weighted by Gasteiger charge is 2.30. The minimum absolute atomic E-state index is 0.0291. The largest absolute Gasteiger partial charge is 0.477 e. The van der Waals surface area contributed by atoms with E-state index in [1.54, 1.807) is 18.9 Å². The number of rotatable bonds is 4. The quantitative estimate of drug-likeness (QED) is 0.878. The molecule has 0 radical (unpaired) electrons. The van der Waals surface area contributed by atoms with Crippen molar-refractivity contribution in [3.05, 3.63) is 15.6 Å². The van der Waals surface area contributed by atoms with Crippen LogP contribution in [-0.2, 0) is 11.3 Å². The summed E-state index contributed by atoms with van der Waals surface area (Å²) in [5.74, 6) is -0.989. The molecule has 2 heterocycles. The van der Waals surface area contributed by atoms with Crippen molar-refractivity contribution < 1.29 is 19.4 Å². The molecule has 1 aromatic heterocycles. The fourth-order valence-electron chi connectivity index (χ4n) is 2.38. The summed E-state index contributed by atoms with van der Waals surface area (Å²) in [5.41, 5.74) is 0.475. The van der Waals surface area contributed by atoms with Gasteiger partial charge >= 0.3 is 12.0 Å². The molecule has 116 valence electrons. The van der Waals surface area contributed by atoms with E-state index in [9.17, 15) is 9.59 Å². The van der Waals surface area contributed by atoms with E-state index < -0.39 is 5.97 Å². The molecule has 0 aliphatic carbocycles. The van der Waals surface area contributed by atoms with Gasteiger partial charge in [-0.05, 0) is 20.3 Å². The second-order valence-electron chi connectivity index (χ2n) is 5.03. The number of aromatic carboxylic acids is 1. The number of ether oxygens (including phenoxy) is 1. The van der Waals surface area contributed by atoms with E-state index in [0.717, 1.165) is 17.8 Å². The molecule has 2 unspecified atom stereocenters. The Bertz CT molecular complexity index is 546. The maximum atomic E-state index is 12.1. The minimum atomic E-state index is -0.989. The Hall–Kier alpha value is -1.67. The topological polar surface area (TPSA) is 91.8 Å². The molecule has 0 saturated carbocycles. The molecule has 1 aliphatic rings. The van der Waals surface area contributed by atoms with Gasteiger partial charge in [-0.25, -0.2) is 14.6 Å². The van der Waals surface area contributed by atoms with Gasteiger partial charge in [0.05, 0.1) is 24.4 Å². The molecular formula is C13H19N3O4S. The van der Waals surface area contributed by atoms with Crippen LogP contribution in [0.25, 0.3) is 0 Å². The maximum Gasteiger partial charge on any atom is 0.347 e. The van der Waals surface area contributed by atoms with Crippen molar-refractivity contribution in [3.63, 3.8) is 0 Å².